The number of carbonyl (C=O) groups excluding carboxylic acids is 1. The minimum Gasteiger partial charge on any atom is -0.456 e. The molecular formula is C14H18O6S. The smallest absolute Gasteiger partial charge is 0.303 e. The van der Waals surface area contributed by atoms with E-state index in [9.17, 15) is 20.1 Å². The van der Waals surface area contributed by atoms with Crippen molar-refractivity contribution in [3.05, 3.63) is 30.3 Å². The molecule has 7 heteroatoms. The zero-order valence-electron chi connectivity index (χ0n) is 11.5. The average Bonchev–Trinajstić information content (AvgIpc) is 2.47. The van der Waals surface area contributed by atoms with Crippen LogP contribution in [0.4, 0.5) is 0 Å². The van der Waals surface area contributed by atoms with Gasteiger partial charge in [-0.2, -0.15) is 0 Å². The Morgan fingerprint density at radius 2 is 1.95 bits per heavy atom. The van der Waals surface area contributed by atoms with Crippen LogP contribution in [0.15, 0.2) is 35.2 Å². The fraction of sp³-hybridized carbons (Fsp3) is 0.500. The Labute approximate surface area is 126 Å². The van der Waals surface area contributed by atoms with E-state index in [1.54, 1.807) is 0 Å². The van der Waals surface area contributed by atoms with Crippen LogP contribution in [0.25, 0.3) is 0 Å². The van der Waals surface area contributed by atoms with E-state index in [1.165, 1.54) is 18.7 Å². The van der Waals surface area contributed by atoms with Crippen LogP contribution in [0, 0.1) is 0 Å². The van der Waals surface area contributed by atoms with Crippen LogP contribution in [-0.2, 0) is 14.3 Å². The van der Waals surface area contributed by atoms with Crippen molar-refractivity contribution in [1.29, 1.82) is 0 Å². The summed E-state index contributed by atoms with van der Waals surface area (Å²) < 4.78 is 10.6. The van der Waals surface area contributed by atoms with Gasteiger partial charge in [-0.15, -0.1) is 0 Å². The third-order valence-electron chi connectivity index (χ3n) is 3.12. The lowest BCUT2D eigenvalue weighted by Crippen LogP contribution is -2.58. The maximum atomic E-state index is 11.2. The molecule has 0 aliphatic carbocycles. The van der Waals surface area contributed by atoms with Crippen molar-refractivity contribution in [3.63, 3.8) is 0 Å². The second kappa shape index (κ2) is 7.24. The summed E-state index contributed by atoms with van der Waals surface area (Å²) in [5.74, 6) is -0.573. The standard InChI is InChI=1S/C14H18O6S/c1-8(16)19-13-12(18)11(17)10(7-15)20-14(13)21-9-5-3-2-4-6-9/h2-6,10-15,17-18H,7H2,1H3/t10?,11-,12?,13-,14-/m1/s1. The van der Waals surface area contributed by atoms with Crippen molar-refractivity contribution in [2.75, 3.05) is 6.61 Å². The predicted molar refractivity (Wildman–Crippen MR) is 75.6 cm³/mol. The first-order valence-corrected chi connectivity index (χ1v) is 7.42. The Balaban J connectivity index is 2.18. The monoisotopic (exact) mass is 314 g/mol. The van der Waals surface area contributed by atoms with Crippen LogP contribution in [0.2, 0.25) is 0 Å². The number of hydrogen-bond donors (Lipinski definition) is 3. The van der Waals surface area contributed by atoms with Gasteiger partial charge in [0.1, 0.15) is 23.7 Å². The van der Waals surface area contributed by atoms with E-state index in [0.29, 0.717) is 0 Å². The van der Waals surface area contributed by atoms with Gasteiger partial charge in [0.25, 0.3) is 0 Å². The van der Waals surface area contributed by atoms with Gasteiger partial charge >= 0.3 is 5.97 Å². The quantitative estimate of drug-likeness (QED) is 0.681. The average molecular weight is 314 g/mol. The Bertz CT molecular complexity index is 468. The maximum absolute atomic E-state index is 11.2. The lowest BCUT2D eigenvalue weighted by molar-refractivity contribution is -0.218. The van der Waals surface area contributed by atoms with Crippen molar-refractivity contribution >= 4 is 17.7 Å². The van der Waals surface area contributed by atoms with E-state index in [1.807, 2.05) is 30.3 Å². The largest absolute Gasteiger partial charge is 0.456 e. The molecule has 116 valence electrons. The van der Waals surface area contributed by atoms with E-state index in [4.69, 9.17) is 9.47 Å². The van der Waals surface area contributed by atoms with Crippen molar-refractivity contribution in [2.24, 2.45) is 0 Å². The molecule has 2 rings (SSSR count). The topological polar surface area (TPSA) is 96.2 Å². The number of carbonyl (C=O) groups is 1. The molecule has 1 aliphatic rings. The molecule has 1 aromatic carbocycles. The summed E-state index contributed by atoms with van der Waals surface area (Å²) in [4.78, 5) is 12.0. The molecule has 1 fully saturated rings. The Kier molecular flexibility index (Phi) is 5.60. The molecule has 0 spiro atoms. The van der Waals surface area contributed by atoms with Crippen LogP contribution in [-0.4, -0.2) is 57.7 Å². The predicted octanol–water partition coefficient (Wildman–Crippen LogP) is 0.149. The van der Waals surface area contributed by atoms with Crippen LogP contribution in [0.5, 0.6) is 0 Å². The molecule has 1 aromatic rings. The van der Waals surface area contributed by atoms with Crippen molar-refractivity contribution < 1.29 is 29.6 Å². The molecule has 0 bridgehead atoms. The van der Waals surface area contributed by atoms with E-state index in [2.05, 4.69) is 0 Å². The van der Waals surface area contributed by atoms with Gasteiger partial charge in [0.05, 0.1) is 6.61 Å². The van der Waals surface area contributed by atoms with E-state index >= 15 is 0 Å². The molecule has 0 radical (unpaired) electrons. The number of aliphatic hydroxyl groups is 3. The number of ether oxygens (including phenoxy) is 2. The molecule has 3 N–H and O–H groups in total. The number of benzene rings is 1. The van der Waals surface area contributed by atoms with Crippen LogP contribution >= 0.6 is 11.8 Å². The zero-order chi connectivity index (χ0) is 15.4. The van der Waals surface area contributed by atoms with Crippen molar-refractivity contribution in [1.82, 2.24) is 0 Å². The van der Waals surface area contributed by atoms with E-state index in [-0.39, 0.29) is 0 Å². The lowest BCUT2D eigenvalue weighted by Gasteiger charge is -2.41. The van der Waals surface area contributed by atoms with Crippen LogP contribution < -0.4 is 0 Å². The Hall–Kier alpha value is -1.12. The van der Waals surface area contributed by atoms with Gasteiger partial charge in [0, 0.05) is 11.8 Å². The molecule has 5 atom stereocenters. The van der Waals surface area contributed by atoms with Gasteiger partial charge in [-0.05, 0) is 12.1 Å². The fourth-order valence-electron chi connectivity index (χ4n) is 2.10. The minimum atomic E-state index is -1.32. The molecule has 1 aliphatic heterocycles. The molecule has 2 unspecified atom stereocenters. The van der Waals surface area contributed by atoms with Crippen LogP contribution in [0.3, 0.4) is 0 Å². The number of hydrogen-bond acceptors (Lipinski definition) is 7. The maximum Gasteiger partial charge on any atom is 0.303 e. The number of esters is 1. The Morgan fingerprint density at radius 1 is 1.29 bits per heavy atom. The molecular weight excluding hydrogens is 296 g/mol. The van der Waals surface area contributed by atoms with Crippen LogP contribution in [0.1, 0.15) is 6.92 Å². The number of rotatable bonds is 4. The van der Waals surface area contributed by atoms with E-state index in [0.717, 1.165) is 4.90 Å². The normalized spacial score (nSPS) is 32.7. The molecule has 0 aromatic heterocycles. The highest BCUT2D eigenvalue weighted by atomic mass is 32.2. The third kappa shape index (κ3) is 3.96. The zero-order valence-corrected chi connectivity index (χ0v) is 12.3. The van der Waals surface area contributed by atoms with Gasteiger partial charge in [-0.1, -0.05) is 30.0 Å². The molecule has 1 heterocycles. The summed E-state index contributed by atoms with van der Waals surface area (Å²) in [7, 11) is 0. The van der Waals surface area contributed by atoms with Crippen molar-refractivity contribution in [2.45, 2.75) is 41.7 Å². The highest BCUT2D eigenvalue weighted by Gasteiger charge is 2.46. The van der Waals surface area contributed by atoms with E-state index < -0.39 is 42.4 Å². The highest BCUT2D eigenvalue weighted by Crippen LogP contribution is 2.34. The highest BCUT2D eigenvalue weighted by molar-refractivity contribution is 7.99. The van der Waals surface area contributed by atoms with Gasteiger partial charge in [-0.25, -0.2) is 0 Å². The minimum absolute atomic E-state index is 0.434. The SMILES string of the molecule is CC(=O)O[C@@H]1C(O)[C@H](O)C(CO)O[C@@H]1Sc1ccccc1. The summed E-state index contributed by atoms with van der Waals surface area (Å²) in [6, 6.07) is 9.26. The summed E-state index contributed by atoms with van der Waals surface area (Å²) in [5, 5.41) is 29.2. The summed E-state index contributed by atoms with van der Waals surface area (Å²) in [6.07, 6.45) is -4.56. The van der Waals surface area contributed by atoms with Gasteiger partial charge < -0.3 is 24.8 Å². The first kappa shape index (κ1) is 16.3. The lowest BCUT2D eigenvalue weighted by atomic mass is 10.0. The van der Waals surface area contributed by atoms with Gasteiger partial charge in [0.2, 0.25) is 0 Å². The first-order valence-electron chi connectivity index (χ1n) is 6.54. The molecule has 0 saturated carbocycles. The second-order valence-corrected chi connectivity index (χ2v) is 5.88. The molecule has 21 heavy (non-hydrogen) atoms. The fourth-order valence-corrected chi connectivity index (χ4v) is 3.23. The number of aliphatic hydroxyl groups excluding tert-OH is 3. The Morgan fingerprint density at radius 3 is 2.52 bits per heavy atom. The summed E-state index contributed by atoms with van der Waals surface area (Å²) in [5.41, 5.74) is -0.716. The van der Waals surface area contributed by atoms with Gasteiger partial charge in [-0.3, -0.25) is 4.79 Å². The summed E-state index contributed by atoms with van der Waals surface area (Å²) in [6.45, 7) is 0.790. The van der Waals surface area contributed by atoms with Gasteiger partial charge in [0.15, 0.2) is 6.10 Å². The molecule has 0 amide bonds. The second-order valence-electron chi connectivity index (χ2n) is 4.71. The summed E-state index contributed by atoms with van der Waals surface area (Å²) >= 11 is 1.26. The molecule has 6 nitrogen and oxygen atoms in total. The first-order chi connectivity index (χ1) is 10.0. The molecule has 1 saturated heterocycles. The van der Waals surface area contributed by atoms with Crippen molar-refractivity contribution in [3.8, 4) is 0 Å². The third-order valence-corrected chi connectivity index (χ3v) is 4.28. The number of thioether (sulfide) groups is 1.